The molecule has 0 spiro atoms. The first-order valence-electron chi connectivity index (χ1n) is 6.24. The van der Waals surface area contributed by atoms with Gasteiger partial charge in [0.05, 0.1) is 0 Å². The first-order chi connectivity index (χ1) is 9.77. The summed E-state index contributed by atoms with van der Waals surface area (Å²) < 4.78 is 0.505. The van der Waals surface area contributed by atoms with Crippen molar-refractivity contribution in [1.29, 1.82) is 0 Å². The summed E-state index contributed by atoms with van der Waals surface area (Å²) in [6.07, 6.45) is 4.22. The summed E-state index contributed by atoms with van der Waals surface area (Å²) >= 11 is 8.27. The van der Waals surface area contributed by atoms with Gasteiger partial charge in [-0.3, -0.25) is 0 Å². The summed E-state index contributed by atoms with van der Waals surface area (Å²) in [5.41, 5.74) is 0. The molecule has 1 rings (SSSR count). The van der Waals surface area contributed by atoms with Gasteiger partial charge >= 0.3 is 0 Å². The van der Waals surface area contributed by atoms with Crippen LogP contribution < -0.4 is 10.6 Å². The van der Waals surface area contributed by atoms with Crippen molar-refractivity contribution in [2.75, 3.05) is 19.6 Å². The molecule has 0 aromatic carbocycles. The van der Waals surface area contributed by atoms with Gasteiger partial charge < -0.3 is 10.6 Å². The average Bonchev–Trinajstić information content (AvgIpc) is 2.57. The number of rotatable bonds is 1. The predicted molar refractivity (Wildman–Crippen MR) is 105 cm³/mol. The van der Waals surface area contributed by atoms with Crippen LogP contribution in [0.2, 0.25) is 0 Å². The van der Waals surface area contributed by atoms with Crippen molar-refractivity contribution < 1.29 is 0 Å². The number of nitrogens with one attached hydrogen (secondary N) is 2. The molecule has 4 heteroatoms. The van der Waals surface area contributed by atoms with Crippen LogP contribution in [-0.2, 0) is 0 Å². The van der Waals surface area contributed by atoms with E-state index >= 15 is 0 Å². The van der Waals surface area contributed by atoms with Crippen molar-refractivity contribution in [1.82, 2.24) is 10.6 Å². The van der Waals surface area contributed by atoms with Crippen LogP contribution in [0, 0.1) is 62.3 Å². The van der Waals surface area contributed by atoms with Crippen molar-refractivity contribution in [2.45, 2.75) is 19.3 Å². The lowest BCUT2D eigenvalue weighted by Gasteiger charge is -2.08. The fourth-order valence-electron chi connectivity index (χ4n) is 0.909. The summed E-state index contributed by atoms with van der Waals surface area (Å²) in [5, 5.41) is 5.98. The zero-order valence-corrected chi connectivity index (χ0v) is 14.7. The molecular weight excluding hydrogens is 284 g/mol. The van der Waals surface area contributed by atoms with Crippen LogP contribution >= 0.6 is 24.8 Å². The Kier molecular flexibility index (Phi) is 81.7. The maximum atomic E-state index is 4.51. The molecule has 2 nitrogen and oxygen atoms in total. The molecule has 1 heterocycles. The molecule has 1 aliphatic rings. The molecular formula is C16H33N2S2. The topological polar surface area (TPSA) is 24.1 Å². The Morgan fingerprint density at radius 3 is 1.30 bits per heavy atom. The van der Waals surface area contributed by atoms with Crippen molar-refractivity contribution in [2.24, 2.45) is 0 Å². The zero-order valence-electron chi connectivity index (χ0n) is 13.0. The number of thiol groups is 1. The standard InChI is InChI=1S/C5H11N.C3H6NS2.4C2H4/c1-2-4-6-5-3-1;1-2-4-3(5)6;4*1-2/h6H,1-5H2;1-2H2,(H2,4,5,6);4*1-2H2. The Balaban J connectivity index is -0.0000000504. The second-order valence-electron chi connectivity index (χ2n) is 2.54. The van der Waals surface area contributed by atoms with Crippen molar-refractivity contribution in [3.63, 3.8) is 0 Å². The Bertz CT molecular complexity index is 106. The van der Waals surface area contributed by atoms with E-state index in [-0.39, 0.29) is 0 Å². The molecule has 0 aromatic rings. The highest BCUT2D eigenvalue weighted by Gasteiger charge is 1.93. The van der Waals surface area contributed by atoms with E-state index in [1.165, 1.54) is 32.4 Å². The molecule has 0 bridgehead atoms. The van der Waals surface area contributed by atoms with E-state index in [1.54, 1.807) is 0 Å². The quantitative estimate of drug-likeness (QED) is 0.503. The lowest BCUT2D eigenvalue weighted by molar-refractivity contribution is 0.520. The maximum Gasteiger partial charge on any atom is 0.130 e. The van der Waals surface area contributed by atoms with Crippen molar-refractivity contribution >= 4 is 29.2 Å². The molecule has 0 saturated carbocycles. The third-order valence-corrected chi connectivity index (χ3v) is 1.79. The highest BCUT2D eigenvalue weighted by Crippen LogP contribution is 1.96. The van der Waals surface area contributed by atoms with Crippen molar-refractivity contribution in [3.8, 4) is 0 Å². The molecule has 0 aliphatic carbocycles. The van der Waals surface area contributed by atoms with Gasteiger partial charge in [-0.15, -0.1) is 12.6 Å². The van der Waals surface area contributed by atoms with E-state index in [2.05, 4.69) is 97.8 Å². The number of hydrogen-bond acceptors (Lipinski definition) is 2. The molecule has 1 aliphatic heterocycles. The molecule has 0 unspecified atom stereocenters. The smallest absolute Gasteiger partial charge is 0.130 e. The molecule has 2 N–H and O–H groups in total. The molecule has 20 heavy (non-hydrogen) atoms. The van der Waals surface area contributed by atoms with Crippen LogP contribution in [0.25, 0.3) is 0 Å². The fraction of sp³-hybridized carbons (Fsp3) is 0.375. The molecule has 0 amide bonds. The average molecular weight is 318 g/mol. The highest BCUT2D eigenvalue weighted by atomic mass is 32.1. The molecule has 1 saturated heterocycles. The second-order valence-corrected chi connectivity index (χ2v) is 3.70. The van der Waals surface area contributed by atoms with Gasteiger partial charge in [0.15, 0.2) is 0 Å². The second kappa shape index (κ2) is 50.7. The minimum absolute atomic E-state index is 0.505. The summed E-state index contributed by atoms with van der Waals surface area (Å²) in [4.78, 5) is 0. The lowest BCUT2D eigenvalue weighted by atomic mass is 10.2. The minimum atomic E-state index is 0.505. The fourth-order valence-corrected chi connectivity index (χ4v) is 1.12. The first kappa shape index (κ1) is 32.2. The van der Waals surface area contributed by atoms with Gasteiger partial charge in [0, 0.05) is 6.54 Å². The number of hydrogen-bond donors (Lipinski definition) is 3. The van der Waals surface area contributed by atoms with E-state index in [1.807, 2.05) is 0 Å². The zero-order chi connectivity index (χ0) is 17.2. The largest absolute Gasteiger partial charge is 0.371 e. The molecule has 119 valence electrons. The van der Waals surface area contributed by atoms with Gasteiger partial charge in [-0.05, 0) is 32.9 Å². The molecule has 0 aromatic heterocycles. The third kappa shape index (κ3) is 63.6. The van der Waals surface area contributed by atoms with Crippen LogP contribution in [0.5, 0.6) is 0 Å². The van der Waals surface area contributed by atoms with Gasteiger partial charge in [0.1, 0.15) is 4.32 Å². The summed E-state index contributed by atoms with van der Waals surface area (Å²) in [7, 11) is 0. The number of piperidine rings is 1. The summed E-state index contributed by atoms with van der Waals surface area (Å²) in [6, 6.07) is 0. The van der Waals surface area contributed by atoms with E-state index in [9.17, 15) is 0 Å². The Labute approximate surface area is 141 Å². The predicted octanol–water partition coefficient (Wildman–Crippen LogP) is 4.00. The van der Waals surface area contributed by atoms with E-state index in [0.717, 1.165) is 0 Å². The van der Waals surface area contributed by atoms with Crippen LogP contribution in [-0.4, -0.2) is 24.0 Å². The van der Waals surface area contributed by atoms with Crippen LogP contribution in [0.15, 0.2) is 0 Å². The summed E-state index contributed by atoms with van der Waals surface area (Å²) in [5.74, 6) is 0. The Morgan fingerprint density at radius 2 is 1.25 bits per heavy atom. The Morgan fingerprint density at radius 1 is 0.900 bits per heavy atom. The van der Waals surface area contributed by atoms with Crippen LogP contribution in [0.4, 0.5) is 0 Å². The molecule has 9 radical (unpaired) electrons. The summed E-state index contributed by atoms with van der Waals surface area (Å²) in [6.45, 7) is 30.6. The SMILES string of the molecule is C1CCNCC1.[CH2]CNC(=S)S.[CH2][CH2].[CH2][CH2].[CH2][CH2].[CH2][CH2]. The Hall–Kier alpha value is 0.200. The molecule has 1 fully saturated rings. The first-order valence-corrected chi connectivity index (χ1v) is 7.09. The molecule has 0 atom stereocenters. The van der Waals surface area contributed by atoms with Crippen molar-refractivity contribution in [3.05, 3.63) is 62.3 Å². The minimum Gasteiger partial charge on any atom is -0.371 e. The monoisotopic (exact) mass is 317 g/mol. The van der Waals surface area contributed by atoms with Crippen LogP contribution in [0.3, 0.4) is 0 Å². The van der Waals surface area contributed by atoms with Gasteiger partial charge in [0.2, 0.25) is 0 Å². The number of thiocarbonyl (C=S) groups is 1. The van der Waals surface area contributed by atoms with Gasteiger partial charge in [0.25, 0.3) is 0 Å². The van der Waals surface area contributed by atoms with Gasteiger partial charge in [-0.25, -0.2) is 0 Å². The highest BCUT2D eigenvalue weighted by molar-refractivity contribution is 8.11. The normalized spacial score (nSPS) is 10.7. The van der Waals surface area contributed by atoms with Gasteiger partial charge in [-0.1, -0.05) is 74.0 Å². The van der Waals surface area contributed by atoms with E-state index in [4.69, 9.17) is 0 Å². The van der Waals surface area contributed by atoms with E-state index < -0.39 is 0 Å². The van der Waals surface area contributed by atoms with Gasteiger partial charge in [-0.2, -0.15) is 0 Å². The maximum absolute atomic E-state index is 4.51. The van der Waals surface area contributed by atoms with Crippen LogP contribution in [0.1, 0.15) is 19.3 Å². The third-order valence-electron chi connectivity index (χ3n) is 1.48. The lowest BCUT2D eigenvalue weighted by Crippen LogP contribution is -2.21. The van der Waals surface area contributed by atoms with E-state index in [0.29, 0.717) is 10.9 Å².